The molecule has 1 N–H and O–H groups in total. The average Bonchev–Trinajstić information content (AvgIpc) is 3.22. The van der Waals surface area contributed by atoms with E-state index in [4.69, 9.17) is 4.74 Å². The van der Waals surface area contributed by atoms with Crippen molar-refractivity contribution in [3.63, 3.8) is 0 Å². The number of ether oxygens (including phenoxy) is 1. The molecule has 26 heavy (non-hydrogen) atoms. The SMILES string of the molecule is O=C(NCCc1ccccc1)c1cc2n(n1)C[C@@H](Oc1cccnc1)C2. The van der Waals surface area contributed by atoms with Gasteiger partial charge in [-0.3, -0.25) is 14.5 Å². The molecule has 2 aromatic heterocycles. The number of rotatable bonds is 6. The van der Waals surface area contributed by atoms with E-state index in [-0.39, 0.29) is 12.0 Å². The molecule has 1 atom stereocenters. The third-order valence-electron chi connectivity index (χ3n) is 4.39. The number of benzene rings is 1. The molecule has 1 aliphatic heterocycles. The number of amides is 1. The standard InChI is InChI=1S/C20H20N4O2/c25-20(22-10-8-15-5-2-1-3-6-15)19-12-16-11-18(14-24(16)23-19)26-17-7-4-9-21-13-17/h1-7,9,12-13,18H,8,10-11,14H2,(H,22,25)/t18-/m0/s1. The molecule has 0 fully saturated rings. The summed E-state index contributed by atoms with van der Waals surface area (Å²) >= 11 is 0. The predicted octanol–water partition coefficient (Wildman–Crippen LogP) is 2.25. The Balaban J connectivity index is 1.29. The van der Waals surface area contributed by atoms with Gasteiger partial charge in [-0.1, -0.05) is 30.3 Å². The van der Waals surface area contributed by atoms with E-state index in [9.17, 15) is 4.79 Å². The second-order valence-corrected chi connectivity index (χ2v) is 6.33. The summed E-state index contributed by atoms with van der Waals surface area (Å²) in [7, 11) is 0. The number of carbonyl (C=O) groups excluding carboxylic acids is 1. The molecule has 1 aromatic carbocycles. The molecule has 0 spiro atoms. The fourth-order valence-electron chi connectivity index (χ4n) is 3.12. The van der Waals surface area contributed by atoms with Gasteiger partial charge < -0.3 is 10.1 Å². The van der Waals surface area contributed by atoms with Crippen molar-refractivity contribution in [3.05, 3.63) is 77.9 Å². The Kier molecular flexibility index (Phi) is 4.64. The summed E-state index contributed by atoms with van der Waals surface area (Å²) in [5.74, 6) is 0.620. The van der Waals surface area contributed by atoms with Gasteiger partial charge in [0, 0.05) is 24.9 Å². The van der Waals surface area contributed by atoms with Crippen LogP contribution in [0.4, 0.5) is 0 Å². The van der Waals surface area contributed by atoms with Crippen LogP contribution < -0.4 is 10.1 Å². The first kappa shape index (κ1) is 16.3. The molecule has 132 valence electrons. The van der Waals surface area contributed by atoms with E-state index in [1.54, 1.807) is 12.4 Å². The highest BCUT2D eigenvalue weighted by Gasteiger charge is 2.26. The molecule has 0 saturated heterocycles. The Morgan fingerprint density at radius 1 is 1.23 bits per heavy atom. The van der Waals surface area contributed by atoms with Gasteiger partial charge in [-0.25, -0.2) is 0 Å². The predicted molar refractivity (Wildman–Crippen MR) is 97.1 cm³/mol. The van der Waals surface area contributed by atoms with E-state index in [2.05, 4.69) is 27.5 Å². The van der Waals surface area contributed by atoms with Crippen LogP contribution in [0, 0.1) is 0 Å². The summed E-state index contributed by atoms with van der Waals surface area (Å²) in [6.07, 6.45) is 4.99. The van der Waals surface area contributed by atoms with Crippen molar-refractivity contribution in [1.29, 1.82) is 0 Å². The summed E-state index contributed by atoms with van der Waals surface area (Å²) in [6.45, 7) is 1.24. The van der Waals surface area contributed by atoms with Crippen molar-refractivity contribution in [3.8, 4) is 5.75 Å². The number of pyridine rings is 1. The maximum absolute atomic E-state index is 12.3. The highest BCUT2D eigenvalue weighted by Crippen LogP contribution is 2.20. The van der Waals surface area contributed by atoms with Crippen LogP contribution in [0.1, 0.15) is 21.7 Å². The summed E-state index contributed by atoms with van der Waals surface area (Å²) in [6, 6.07) is 15.7. The number of carbonyl (C=O) groups is 1. The smallest absolute Gasteiger partial charge is 0.271 e. The molecule has 6 nitrogen and oxygen atoms in total. The lowest BCUT2D eigenvalue weighted by atomic mass is 10.1. The lowest BCUT2D eigenvalue weighted by molar-refractivity contribution is 0.0947. The topological polar surface area (TPSA) is 69.0 Å². The van der Waals surface area contributed by atoms with Gasteiger partial charge in [0.2, 0.25) is 0 Å². The molecular weight excluding hydrogens is 328 g/mol. The summed E-state index contributed by atoms with van der Waals surface area (Å²) in [5.41, 5.74) is 2.69. The van der Waals surface area contributed by atoms with E-state index in [0.717, 1.165) is 24.3 Å². The van der Waals surface area contributed by atoms with Crippen molar-refractivity contribution in [2.75, 3.05) is 6.54 Å². The van der Waals surface area contributed by atoms with Crippen molar-refractivity contribution < 1.29 is 9.53 Å². The first-order chi connectivity index (χ1) is 12.8. The maximum Gasteiger partial charge on any atom is 0.271 e. The first-order valence-corrected chi connectivity index (χ1v) is 8.73. The number of hydrogen-bond acceptors (Lipinski definition) is 4. The van der Waals surface area contributed by atoms with Gasteiger partial charge in [-0.15, -0.1) is 0 Å². The van der Waals surface area contributed by atoms with Crippen LogP contribution in [0.2, 0.25) is 0 Å². The molecular formula is C20H20N4O2. The first-order valence-electron chi connectivity index (χ1n) is 8.73. The quantitative estimate of drug-likeness (QED) is 0.742. The summed E-state index contributed by atoms with van der Waals surface area (Å²) in [5, 5.41) is 7.35. The van der Waals surface area contributed by atoms with Gasteiger partial charge in [0.05, 0.1) is 12.7 Å². The van der Waals surface area contributed by atoms with Crippen LogP contribution in [-0.2, 0) is 19.4 Å². The molecule has 6 heteroatoms. The third-order valence-corrected chi connectivity index (χ3v) is 4.39. The van der Waals surface area contributed by atoms with Crippen LogP contribution in [0.5, 0.6) is 5.75 Å². The van der Waals surface area contributed by atoms with E-state index >= 15 is 0 Å². The average molecular weight is 348 g/mol. The van der Waals surface area contributed by atoms with E-state index in [1.165, 1.54) is 5.56 Å². The largest absolute Gasteiger partial charge is 0.486 e. The lowest BCUT2D eigenvalue weighted by Crippen LogP contribution is -2.26. The molecule has 0 radical (unpaired) electrons. The van der Waals surface area contributed by atoms with Crippen LogP contribution in [0.25, 0.3) is 0 Å². The summed E-state index contributed by atoms with van der Waals surface area (Å²) in [4.78, 5) is 16.3. The zero-order valence-corrected chi connectivity index (χ0v) is 14.3. The third kappa shape index (κ3) is 3.74. The number of hydrogen-bond donors (Lipinski definition) is 1. The van der Waals surface area contributed by atoms with Crippen LogP contribution in [-0.4, -0.2) is 33.3 Å². The second kappa shape index (κ2) is 7.39. The minimum absolute atomic E-state index is 0.0249. The van der Waals surface area contributed by atoms with Gasteiger partial charge in [0.25, 0.3) is 5.91 Å². The molecule has 1 amide bonds. The van der Waals surface area contributed by atoms with E-state index in [1.807, 2.05) is 41.1 Å². The van der Waals surface area contributed by atoms with Gasteiger partial charge in [0.1, 0.15) is 17.5 Å². The molecule has 4 rings (SSSR count). The van der Waals surface area contributed by atoms with Gasteiger partial charge in [-0.05, 0) is 30.2 Å². The van der Waals surface area contributed by atoms with Crippen molar-refractivity contribution in [1.82, 2.24) is 20.1 Å². The zero-order chi connectivity index (χ0) is 17.8. The number of aromatic nitrogens is 3. The van der Waals surface area contributed by atoms with Crippen molar-refractivity contribution >= 4 is 5.91 Å². The normalized spacial score (nSPS) is 15.5. The molecule has 0 aliphatic carbocycles. The van der Waals surface area contributed by atoms with Crippen LogP contribution >= 0.6 is 0 Å². The Labute approximate surface area is 151 Å². The molecule has 3 aromatic rings. The highest BCUT2D eigenvalue weighted by molar-refractivity contribution is 5.92. The van der Waals surface area contributed by atoms with Gasteiger partial charge in [-0.2, -0.15) is 5.10 Å². The van der Waals surface area contributed by atoms with E-state index < -0.39 is 0 Å². The Bertz CT molecular complexity index is 854. The minimum Gasteiger partial charge on any atom is -0.486 e. The van der Waals surface area contributed by atoms with Gasteiger partial charge >= 0.3 is 0 Å². The van der Waals surface area contributed by atoms with Crippen molar-refractivity contribution in [2.45, 2.75) is 25.5 Å². The highest BCUT2D eigenvalue weighted by atomic mass is 16.5. The number of fused-ring (bicyclic) bond motifs is 1. The van der Waals surface area contributed by atoms with Gasteiger partial charge in [0.15, 0.2) is 0 Å². The molecule has 1 aliphatic rings. The maximum atomic E-state index is 12.3. The molecule has 3 heterocycles. The fourth-order valence-corrected chi connectivity index (χ4v) is 3.12. The zero-order valence-electron chi connectivity index (χ0n) is 14.3. The van der Waals surface area contributed by atoms with Crippen LogP contribution in [0.15, 0.2) is 60.9 Å². The van der Waals surface area contributed by atoms with E-state index in [0.29, 0.717) is 18.8 Å². The Morgan fingerprint density at radius 3 is 2.88 bits per heavy atom. The lowest BCUT2D eigenvalue weighted by Gasteiger charge is -2.12. The Hall–Kier alpha value is -3.15. The monoisotopic (exact) mass is 348 g/mol. The minimum atomic E-state index is -0.132. The molecule has 0 unspecified atom stereocenters. The molecule has 0 bridgehead atoms. The summed E-state index contributed by atoms with van der Waals surface area (Å²) < 4.78 is 7.76. The molecule has 0 saturated carbocycles. The van der Waals surface area contributed by atoms with Crippen molar-refractivity contribution in [2.24, 2.45) is 0 Å². The van der Waals surface area contributed by atoms with Crippen LogP contribution in [0.3, 0.4) is 0 Å². The Morgan fingerprint density at radius 2 is 2.12 bits per heavy atom. The number of nitrogens with zero attached hydrogens (tertiary/aromatic N) is 3. The fraction of sp³-hybridized carbons (Fsp3) is 0.250. The number of nitrogens with one attached hydrogen (secondary N) is 1. The second-order valence-electron chi connectivity index (χ2n) is 6.33.